The number of hydrogen-bond acceptors (Lipinski definition) is 4. The van der Waals surface area contributed by atoms with Crippen molar-refractivity contribution in [1.82, 2.24) is 9.97 Å². The Balaban J connectivity index is 2.51. The fourth-order valence-electron chi connectivity index (χ4n) is 0.858. The van der Waals surface area contributed by atoms with E-state index in [1.54, 1.807) is 24.0 Å². The Morgan fingerprint density at radius 2 is 2.46 bits per heavy atom. The van der Waals surface area contributed by atoms with Gasteiger partial charge in [-0.3, -0.25) is 4.79 Å². The van der Waals surface area contributed by atoms with Crippen LogP contribution in [0.4, 0.5) is 0 Å². The van der Waals surface area contributed by atoms with Crippen LogP contribution in [0.1, 0.15) is 29.7 Å². The van der Waals surface area contributed by atoms with Gasteiger partial charge in [0.1, 0.15) is 11.5 Å². The van der Waals surface area contributed by atoms with Gasteiger partial charge in [0.25, 0.3) is 0 Å². The highest BCUT2D eigenvalue weighted by atomic mass is 32.2. The molecule has 0 aliphatic rings. The van der Waals surface area contributed by atoms with Crippen molar-refractivity contribution in [3.8, 4) is 0 Å². The first-order chi connectivity index (χ1) is 6.36. The highest BCUT2D eigenvalue weighted by Crippen LogP contribution is 2.08. The minimum absolute atomic E-state index is 0.460. The number of hydrogen-bond donors (Lipinski definition) is 0. The minimum Gasteiger partial charge on any atom is -0.296 e. The maximum Gasteiger partial charge on any atom is 0.168 e. The van der Waals surface area contributed by atoms with E-state index in [2.05, 4.69) is 16.9 Å². The van der Waals surface area contributed by atoms with Gasteiger partial charge in [-0.1, -0.05) is 6.92 Å². The van der Waals surface area contributed by atoms with Gasteiger partial charge in [-0.25, -0.2) is 9.97 Å². The number of aldehydes is 1. The maximum atomic E-state index is 10.4. The van der Waals surface area contributed by atoms with Gasteiger partial charge in [-0.15, -0.1) is 0 Å². The molecule has 0 bridgehead atoms. The second-order valence-corrected chi connectivity index (χ2v) is 3.67. The van der Waals surface area contributed by atoms with Gasteiger partial charge in [0, 0.05) is 6.20 Å². The van der Waals surface area contributed by atoms with Gasteiger partial charge in [0.05, 0.1) is 5.75 Å². The standard InChI is InChI=1S/C9H12N2OS/c1-2-5-13-7-9-10-4-3-8(6-12)11-9/h3-4,6H,2,5,7H2,1H3. The largest absolute Gasteiger partial charge is 0.296 e. The summed E-state index contributed by atoms with van der Waals surface area (Å²) >= 11 is 1.78. The summed E-state index contributed by atoms with van der Waals surface area (Å²) in [6.45, 7) is 2.13. The second kappa shape index (κ2) is 5.70. The second-order valence-electron chi connectivity index (χ2n) is 2.57. The fraction of sp³-hybridized carbons (Fsp3) is 0.444. The Bertz CT molecular complexity index is 278. The molecular weight excluding hydrogens is 184 g/mol. The summed E-state index contributed by atoms with van der Waals surface area (Å²) in [7, 11) is 0. The molecule has 1 heterocycles. The highest BCUT2D eigenvalue weighted by Gasteiger charge is 1.97. The van der Waals surface area contributed by atoms with Crippen LogP contribution in [-0.2, 0) is 5.75 Å². The van der Waals surface area contributed by atoms with Crippen molar-refractivity contribution in [2.75, 3.05) is 5.75 Å². The third-order valence-corrected chi connectivity index (χ3v) is 2.59. The first kappa shape index (κ1) is 10.2. The predicted octanol–water partition coefficient (Wildman–Crippen LogP) is 1.93. The summed E-state index contributed by atoms with van der Waals surface area (Å²) in [6.07, 6.45) is 3.52. The molecule has 0 fully saturated rings. The lowest BCUT2D eigenvalue weighted by Crippen LogP contribution is -1.96. The van der Waals surface area contributed by atoms with Crippen LogP contribution >= 0.6 is 11.8 Å². The molecule has 0 amide bonds. The molecule has 3 nitrogen and oxygen atoms in total. The monoisotopic (exact) mass is 196 g/mol. The van der Waals surface area contributed by atoms with Crippen molar-refractivity contribution in [3.63, 3.8) is 0 Å². The van der Waals surface area contributed by atoms with E-state index in [0.29, 0.717) is 5.69 Å². The van der Waals surface area contributed by atoms with Gasteiger partial charge in [-0.05, 0) is 18.2 Å². The Morgan fingerprint density at radius 3 is 3.15 bits per heavy atom. The van der Waals surface area contributed by atoms with E-state index in [1.807, 2.05) is 0 Å². The van der Waals surface area contributed by atoms with Crippen LogP contribution in [0.15, 0.2) is 12.3 Å². The van der Waals surface area contributed by atoms with Crippen molar-refractivity contribution in [3.05, 3.63) is 23.8 Å². The molecular formula is C9H12N2OS. The summed E-state index contributed by atoms with van der Waals surface area (Å²) in [5, 5.41) is 0. The molecule has 1 aromatic rings. The van der Waals surface area contributed by atoms with Gasteiger partial charge in [-0.2, -0.15) is 11.8 Å². The van der Waals surface area contributed by atoms with Crippen LogP contribution in [-0.4, -0.2) is 22.0 Å². The molecule has 4 heteroatoms. The lowest BCUT2D eigenvalue weighted by molar-refractivity contribution is 0.111. The molecule has 1 rings (SSSR count). The first-order valence-electron chi connectivity index (χ1n) is 4.21. The summed E-state index contributed by atoms with van der Waals surface area (Å²) in [5.41, 5.74) is 0.460. The molecule has 13 heavy (non-hydrogen) atoms. The van der Waals surface area contributed by atoms with Crippen molar-refractivity contribution < 1.29 is 4.79 Å². The normalized spacial score (nSPS) is 9.92. The van der Waals surface area contributed by atoms with E-state index in [0.717, 1.165) is 30.0 Å². The SMILES string of the molecule is CCCSCc1nccc(C=O)n1. The van der Waals surface area contributed by atoms with Crippen molar-refractivity contribution in [2.45, 2.75) is 19.1 Å². The van der Waals surface area contributed by atoms with Gasteiger partial charge in [0.2, 0.25) is 0 Å². The average Bonchev–Trinajstić information content (AvgIpc) is 2.19. The van der Waals surface area contributed by atoms with Crippen molar-refractivity contribution >= 4 is 18.0 Å². The van der Waals surface area contributed by atoms with Crippen LogP contribution < -0.4 is 0 Å². The van der Waals surface area contributed by atoms with Crippen LogP contribution in [0.2, 0.25) is 0 Å². The molecule has 70 valence electrons. The Morgan fingerprint density at radius 1 is 1.62 bits per heavy atom. The Kier molecular flexibility index (Phi) is 4.46. The zero-order valence-electron chi connectivity index (χ0n) is 7.56. The van der Waals surface area contributed by atoms with Crippen molar-refractivity contribution in [1.29, 1.82) is 0 Å². The van der Waals surface area contributed by atoms with E-state index < -0.39 is 0 Å². The summed E-state index contributed by atoms with van der Waals surface area (Å²) in [4.78, 5) is 18.5. The van der Waals surface area contributed by atoms with E-state index >= 15 is 0 Å². The average molecular weight is 196 g/mol. The lowest BCUT2D eigenvalue weighted by Gasteiger charge is -1.98. The zero-order valence-corrected chi connectivity index (χ0v) is 8.38. The number of carbonyl (C=O) groups is 1. The molecule has 0 spiro atoms. The summed E-state index contributed by atoms with van der Waals surface area (Å²) < 4.78 is 0. The molecule has 1 aromatic heterocycles. The molecule has 0 saturated carbocycles. The molecule has 0 radical (unpaired) electrons. The van der Waals surface area contributed by atoms with Crippen LogP contribution in [0.5, 0.6) is 0 Å². The van der Waals surface area contributed by atoms with Gasteiger partial charge < -0.3 is 0 Å². The maximum absolute atomic E-state index is 10.4. The molecule has 0 unspecified atom stereocenters. The zero-order chi connectivity index (χ0) is 9.52. The highest BCUT2D eigenvalue weighted by molar-refractivity contribution is 7.98. The molecule has 0 atom stereocenters. The van der Waals surface area contributed by atoms with Gasteiger partial charge in [0.15, 0.2) is 6.29 Å². The summed E-state index contributed by atoms with van der Waals surface area (Å²) in [5.74, 6) is 2.63. The van der Waals surface area contributed by atoms with E-state index in [-0.39, 0.29) is 0 Å². The minimum atomic E-state index is 0.460. The smallest absolute Gasteiger partial charge is 0.168 e. The number of carbonyl (C=O) groups excluding carboxylic acids is 1. The molecule has 0 N–H and O–H groups in total. The fourth-order valence-corrected chi connectivity index (χ4v) is 1.61. The summed E-state index contributed by atoms with van der Waals surface area (Å²) in [6, 6.07) is 1.61. The number of rotatable bonds is 5. The lowest BCUT2D eigenvalue weighted by atomic mass is 10.4. The number of nitrogens with zero attached hydrogens (tertiary/aromatic N) is 2. The molecule has 0 saturated heterocycles. The molecule has 0 aliphatic carbocycles. The van der Waals surface area contributed by atoms with Crippen LogP contribution in [0.3, 0.4) is 0 Å². The van der Waals surface area contributed by atoms with Crippen LogP contribution in [0, 0.1) is 0 Å². The third kappa shape index (κ3) is 3.55. The number of aromatic nitrogens is 2. The van der Waals surface area contributed by atoms with E-state index in [1.165, 1.54) is 0 Å². The van der Waals surface area contributed by atoms with Crippen LogP contribution in [0.25, 0.3) is 0 Å². The number of thioether (sulfide) groups is 1. The first-order valence-corrected chi connectivity index (χ1v) is 5.37. The van der Waals surface area contributed by atoms with Crippen molar-refractivity contribution in [2.24, 2.45) is 0 Å². The molecule has 0 aromatic carbocycles. The van der Waals surface area contributed by atoms with E-state index in [4.69, 9.17) is 0 Å². The van der Waals surface area contributed by atoms with Gasteiger partial charge >= 0.3 is 0 Å². The Labute approximate surface area is 82.0 Å². The Hall–Kier alpha value is -0.900. The quantitative estimate of drug-likeness (QED) is 0.533. The topological polar surface area (TPSA) is 42.9 Å². The van der Waals surface area contributed by atoms with E-state index in [9.17, 15) is 4.79 Å². The third-order valence-electron chi connectivity index (χ3n) is 1.43. The molecule has 0 aliphatic heterocycles. The predicted molar refractivity (Wildman–Crippen MR) is 53.9 cm³/mol.